The Kier molecular flexibility index (Phi) is 5.23. The minimum Gasteiger partial charge on any atom is -0.350 e. The van der Waals surface area contributed by atoms with Gasteiger partial charge in [0.1, 0.15) is 5.70 Å². The van der Waals surface area contributed by atoms with E-state index in [2.05, 4.69) is 5.32 Å². The molecule has 4 nitrogen and oxygen atoms in total. The van der Waals surface area contributed by atoms with E-state index in [0.717, 1.165) is 33.5 Å². The van der Waals surface area contributed by atoms with Crippen molar-refractivity contribution < 1.29 is 9.59 Å². The van der Waals surface area contributed by atoms with Crippen molar-refractivity contribution in [2.75, 3.05) is 5.32 Å². The summed E-state index contributed by atoms with van der Waals surface area (Å²) in [6.07, 6.45) is 0. The van der Waals surface area contributed by atoms with Crippen molar-refractivity contribution in [1.29, 1.82) is 0 Å². The molecule has 30 heavy (non-hydrogen) atoms. The average Bonchev–Trinajstić information content (AvgIpc) is 2.96. The number of benzene rings is 3. The zero-order valence-electron chi connectivity index (χ0n) is 17.4. The van der Waals surface area contributed by atoms with E-state index in [-0.39, 0.29) is 18.4 Å². The summed E-state index contributed by atoms with van der Waals surface area (Å²) in [4.78, 5) is 28.0. The second-order valence-corrected chi connectivity index (χ2v) is 7.74. The molecule has 0 radical (unpaired) electrons. The highest BCUT2D eigenvalue weighted by molar-refractivity contribution is 6.36. The van der Waals surface area contributed by atoms with Crippen LogP contribution in [0.1, 0.15) is 27.8 Å². The van der Waals surface area contributed by atoms with Gasteiger partial charge in [0, 0.05) is 5.69 Å². The SMILES string of the molecule is Cc1ccc(C2=C(Nc3cc(C)ccc3C)C(=O)N(Cc3ccccc3)C2=O)cc1. The van der Waals surface area contributed by atoms with Crippen LogP contribution in [0.25, 0.3) is 5.57 Å². The molecule has 0 saturated heterocycles. The molecule has 3 aromatic rings. The first kappa shape index (κ1) is 19.6. The summed E-state index contributed by atoms with van der Waals surface area (Å²) in [7, 11) is 0. The Labute approximate surface area is 176 Å². The largest absolute Gasteiger partial charge is 0.350 e. The summed E-state index contributed by atoms with van der Waals surface area (Å²) in [5.74, 6) is -0.583. The predicted octanol–water partition coefficient (Wildman–Crippen LogP) is 5.00. The predicted molar refractivity (Wildman–Crippen MR) is 120 cm³/mol. The van der Waals surface area contributed by atoms with Crippen molar-refractivity contribution in [3.8, 4) is 0 Å². The van der Waals surface area contributed by atoms with Gasteiger partial charge in [0.05, 0.1) is 12.1 Å². The van der Waals surface area contributed by atoms with Crippen LogP contribution in [0.15, 0.2) is 78.5 Å². The lowest BCUT2D eigenvalue weighted by Crippen LogP contribution is -2.32. The first-order valence-corrected chi connectivity index (χ1v) is 10.00. The zero-order chi connectivity index (χ0) is 21.3. The van der Waals surface area contributed by atoms with Gasteiger partial charge >= 0.3 is 0 Å². The van der Waals surface area contributed by atoms with Crippen molar-refractivity contribution in [2.45, 2.75) is 27.3 Å². The molecule has 1 aliphatic rings. The van der Waals surface area contributed by atoms with E-state index in [0.29, 0.717) is 11.3 Å². The highest BCUT2D eigenvalue weighted by Crippen LogP contribution is 2.32. The number of carbonyl (C=O) groups is 2. The van der Waals surface area contributed by atoms with Crippen LogP contribution in [0.2, 0.25) is 0 Å². The average molecular weight is 396 g/mol. The van der Waals surface area contributed by atoms with Gasteiger partial charge in [-0.2, -0.15) is 0 Å². The maximum atomic E-state index is 13.4. The van der Waals surface area contributed by atoms with E-state index >= 15 is 0 Å². The molecule has 0 atom stereocenters. The summed E-state index contributed by atoms with van der Waals surface area (Å²) < 4.78 is 0. The van der Waals surface area contributed by atoms with E-state index in [1.807, 2.05) is 93.6 Å². The zero-order valence-corrected chi connectivity index (χ0v) is 17.4. The van der Waals surface area contributed by atoms with E-state index in [1.54, 1.807) is 0 Å². The monoisotopic (exact) mass is 396 g/mol. The summed E-state index contributed by atoms with van der Waals surface area (Å²) in [5, 5.41) is 3.28. The first-order valence-electron chi connectivity index (χ1n) is 10.00. The van der Waals surface area contributed by atoms with E-state index in [4.69, 9.17) is 0 Å². The Morgan fingerprint density at radius 1 is 0.767 bits per heavy atom. The lowest BCUT2D eigenvalue weighted by molar-refractivity contribution is -0.137. The number of amides is 2. The summed E-state index contributed by atoms with van der Waals surface area (Å²) in [5.41, 5.74) is 6.42. The maximum Gasteiger partial charge on any atom is 0.278 e. The highest BCUT2D eigenvalue weighted by atomic mass is 16.2. The fraction of sp³-hybridized carbons (Fsp3) is 0.154. The van der Waals surface area contributed by atoms with Crippen LogP contribution >= 0.6 is 0 Å². The lowest BCUT2D eigenvalue weighted by atomic mass is 10.0. The fourth-order valence-corrected chi connectivity index (χ4v) is 3.59. The van der Waals surface area contributed by atoms with Gasteiger partial charge < -0.3 is 5.32 Å². The molecular formula is C26H24N2O2. The molecule has 2 amide bonds. The molecule has 1 N–H and O–H groups in total. The van der Waals surface area contributed by atoms with Gasteiger partial charge in [0.2, 0.25) is 0 Å². The first-order chi connectivity index (χ1) is 14.4. The molecule has 0 unspecified atom stereocenters. The molecule has 150 valence electrons. The second-order valence-electron chi connectivity index (χ2n) is 7.74. The Balaban J connectivity index is 1.77. The molecule has 1 aliphatic heterocycles. The molecule has 0 saturated carbocycles. The van der Waals surface area contributed by atoms with Crippen LogP contribution in [0, 0.1) is 20.8 Å². The van der Waals surface area contributed by atoms with Crippen LogP contribution in [0.5, 0.6) is 0 Å². The van der Waals surface area contributed by atoms with Crippen LogP contribution in [-0.4, -0.2) is 16.7 Å². The highest BCUT2D eigenvalue weighted by Gasteiger charge is 2.39. The Morgan fingerprint density at radius 3 is 2.13 bits per heavy atom. The van der Waals surface area contributed by atoms with E-state index in [9.17, 15) is 9.59 Å². The topological polar surface area (TPSA) is 49.4 Å². The van der Waals surface area contributed by atoms with Gasteiger partial charge in [0.15, 0.2) is 0 Å². The number of hydrogen-bond acceptors (Lipinski definition) is 3. The molecule has 4 heteroatoms. The van der Waals surface area contributed by atoms with Crippen LogP contribution in [0.3, 0.4) is 0 Å². The van der Waals surface area contributed by atoms with Gasteiger partial charge in [-0.1, -0.05) is 72.3 Å². The molecule has 0 fully saturated rings. The number of nitrogens with one attached hydrogen (secondary N) is 1. The molecule has 0 bridgehead atoms. The normalized spacial score (nSPS) is 13.9. The third kappa shape index (κ3) is 3.77. The second kappa shape index (κ2) is 7.99. The van der Waals surface area contributed by atoms with Crippen molar-refractivity contribution in [3.63, 3.8) is 0 Å². The van der Waals surface area contributed by atoms with Crippen molar-refractivity contribution >= 4 is 23.1 Å². The Morgan fingerprint density at radius 2 is 1.43 bits per heavy atom. The number of hydrogen-bond donors (Lipinski definition) is 1. The minimum absolute atomic E-state index is 0.242. The van der Waals surface area contributed by atoms with Crippen molar-refractivity contribution in [2.24, 2.45) is 0 Å². The minimum atomic E-state index is -0.305. The molecule has 4 rings (SSSR count). The summed E-state index contributed by atoms with van der Waals surface area (Å²) in [6.45, 7) is 6.22. The Bertz CT molecular complexity index is 1150. The lowest BCUT2D eigenvalue weighted by Gasteiger charge is -2.16. The third-order valence-corrected chi connectivity index (χ3v) is 5.34. The molecule has 3 aromatic carbocycles. The quantitative estimate of drug-likeness (QED) is 0.617. The number of carbonyl (C=O) groups excluding carboxylic acids is 2. The molecule has 0 aromatic heterocycles. The molecule has 1 heterocycles. The molecule has 0 spiro atoms. The number of nitrogens with zero attached hydrogens (tertiary/aromatic N) is 1. The Hall–Kier alpha value is -3.66. The van der Waals surface area contributed by atoms with Gasteiger partial charge in [-0.15, -0.1) is 0 Å². The summed E-state index contributed by atoms with van der Waals surface area (Å²) >= 11 is 0. The number of imide groups is 1. The summed E-state index contributed by atoms with van der Waals surface area (Å²) in [6, 6.07) is 23.3. The molecule has 0 aliphatic carbocycles. The number of anilines is 1. The van der Waals surface area contributed by atoms with Crippen LogP contribution in [-0.2, 0) is 16.1 Å². The van der Waals surface area contributed by atoms with Gasteiger partial charge in [0.25, 0.3) is 11.8 Å². The van der Waals surface area contributed by atoms with Crippen molar-refractivity contribution in [1.82, 2.24) is 4.90 Å². The standard InChI is InChI=1S/C26H24N2O2/c1-17-10-13-21(14-11-17)23-24(27-22-15-18(2)9-12-19(22)3)26(30)28(25(23)29)16-20-7-5-4-6-8-20/h4-15,27H,16H2,1-3H3. The third-order valence-electron chi connectivity index (χ3n) is 5.34. The maximum absolute atomic E-state index is 13.4. The smallest absolute Gasteiger partial charge is 0.278 e. The van der Waals surface area contributed by atoms with Gasteiger partial charge in [-0.3, -0.25) is 14.5 Å². The molecular weight excluding hydrogens is 372 g/mol. The van der Waals surface area contributed by atoms with Crippen LogP contribution in [0.4, 0.5) is 5.69 Å². The van der Waals surface area contributed by atoms with Crippen LogP contribution < -0.4 is 5.32 Å². The fourth-order valence-electron chi connectivity index (χ4n) is 3.59. The van der Waals surface area contributed by atoms with E-state index in [1.165, 1.54) is 4.90 Å². The van der Waals surface area contributed by atoms with E-state index < -0.39 is 0 Å². The number of rotatable bonds is 5. The number of aryl methyl sites for hydroxylation is 3. The van der Waals surface area contributed by atoms with Crippen molar-refractivity contribution in [3.05, 3.63) is 106 Å². The van der Waals surface area contributed by atoms with Gasteiger partial charge in [-0.05, 0) is 49.1 Å². The van der Waals surface area contributed by atoms with Gasteiger partial charge in [-0.25, -0.2) is 0 Å².